The molecule has 7 heteroatoms. The van der Waals surface area contributed by atoms with Gasteiger partial charge in [-0.3, -0.25) is 4.90 Å². The number of anilines is 1. The summed E-state index contributed by atoms with van der Waals surface area (Å²) in [6.45, 7) is 6.41. The van der Waals surface area contributed by atoms with E-state index < -0.39 is 0 Å². The number of nitrogens with zero attached hydrogens (tertiary/aromatic N) is 2. The Kier molecular flexibility index (Phi) is 6.28. The number of benzene rings is 2. The zero-order chi connectivity index (χ0) is 20.9. The molecule has 2 aliphatic heterocycles. The number of carbonyl (C=O) groups is 1. The summed E-state index contributed by atoms with van der Waals surface area (Å²) in [4.78, 5) is 17.5. The monoisotopic (exact) mass is 411 g/mol. The molecule has 30 heavy (non-hydrogen) atoms. The van der Waals surface area contributed by atoms with Crippen molar-refractivity contribution in [2.24, 2.45) is 0 Å². The lowest BCUT2D eigenvalue weighted by atomic mass is 10.1. The molecule has 4 rings (SSSR count). The highest BCUT2D eigenvalue weighted by atomic mass is 16.6. The number of amides is 2. The molecule has 2 amide bonds. The van der Waals surface area contributed by atoms with E-state index in [-0.39, 0.29) is 11.8 Å². The van der Waals surface area contributed by atoms with E-state index in [0.717, 1.165) is 31.5 Å². The Balaban J connectivity index is 1.50. The SMILES string of the molecule is CCN1CCC[C@@H]1CN(Cc1ccc(O)cc1)C(=O)Nc1ccc2c(c1)OCCO2. The number of hydrogen-bond acceptors (Lipinski definition) is 5. The number of fused-ring (bicyclic) bond motifs is 1. The lowest BCUT2D eigenvalue weighted by Crippen LogP contribution is -2.44. The van der Waals surface area contributed by atoms with Crippen LogP contribution in [0.4, 0.5) is 10.5 Å². The lowest BCUT2D eigenvalue weighted by molar-refractivity contribution is 0.171. The van der Waals surface area contributed by atoms with Gasteiger partial charge in [-0.1, -0.05) is 19.1 Å². The van der Waals surface area contributed by atoms with Crippen LogP contribution in [0.2, 0.25) is 0 Å². The van der Waals surface area contributed by atoms with Crippen LogP contribution in [0.3, 0.4) is 0 Å². The number of likely N-dealkylation sites (tertiary alicyclic amines) is 1. The molecule has 0 bridgehead atoms. The largest absolute Gasteiger partial charge is 0.508 e. The second kappa shape index (κ2) is 9.26. The molecule has 2 aromatic carbocycles. The molecule has 1 saturated heterocycles. The van der Waals surface area contributed by atoms with Gasteiger partial charge in [0, 0.05) is 30.9 Å². The number of ether oxygens (including phenoxy) is 2. The molecule has 2 N–H and O–H groups in total. The molecule has 1 atom stereocenters. The molecular formula is C23H29N3O4. The third-order valence-electron chi connectivity index (χ3n) is 5.73. The molecule has 2 aliphatic rings. The van der Waals surface area contributed by atoms with Crippen LogP contribution in [0.25, 0.3) is 0 Å². The van der Waals surface area contributed by atoms with Gasteiger partial charge in [0.05, 0.1) is 0 Å². The fraction of sp³-hybridized carbons (Fsp3) is 0.435. The first-order valence-electron chi connectivity index (χ1n) is 10.6. The maximum atomic E-state index is 13.2. The van der Waals surface area contributed by atoms with Crippen molar-refractivity contribution in [3.8, 4) is 17.2 Å². The Morgan fingerprint density at radius 1 is 1.17 bits per heavy atom. The van der Waals surface area contributed by atoms with Crippen molar-refractivity contribution in [3.05, 3.63) is 48.0 Å². The highest BCUT2D eigenvalue weighted by Gasteiger charge is 2.27. The van der Waals surface area contributed by atoms with Gasteiger partial charge in [-0.15, -0.1) is 0 Å². The van der Waals surface area contributed by atoms with E-state index in [1.54, 1.807) is 18.2 Å². The van der Waals surface area contributed by atoms with Crippen molar-refractivity contribution in [1.29, 1.82) is 0 Å². The fourth-order valence-electron chi connectivity index (χ4n) is 4.14. The van der Waals surface area contributed by atoms with Crippen LogP contribution < -0.4 is 14.8 Å². The lowest BCUT2D eigenvalue weighted by Gasteiger charge is -2.30. The van der Waals surface area contributed by atoms with Gasteiger partial charge in [-0.2, -0.15) is 0 Å². The van der Waals surface area contributed by atoms with Crippen LogP contribution >= 0.6 is 0 Å². The molecule has 0 unspecified atom stereocenters. The van der Waals surface area contributed by atoms with Crippen molar-refractivity contribution in [2.75, 3.05) is 38.2 Å². The van der Waals surface area contributed by atoms with Gasteiger partial charge >= 0.3 is 6.03 Å². The molecule has 0 radical (unpaired) electrons. The standard InChI is InChI=1S/C23H29N3O4/c1-2-25-11-3-4-19(25)16-26(15-17-5-8-20(27)9-6-17)23(28)24-18-7-10-21-22(14-18)30-13-12-29-21/h5-10,14,19,27H,2-4,11-13,15-16H2,1H3,(H,24,28)/t19-/m1/s1. The molecule has 7 nitrogen and oxygen atoms in total. The number of carbonyl (C=O) groups excluding carboxylic acids is 1. The number of phenolic OH excluding ortho intramolecular Hbond substituents is 1. The summed E-state index contributed by atoms with van der Waals surface area (Å²) >= 11 is 0. The van der Waals surface area contributed by atoms with E-state index in [9.17, 15) is 9.90 Å². The van der Waals surface area contributed by atoms with Crippen LogP contribution in [0.15, 0.2) is 42.5 Å². The number of phenols is 1. The molecular weight excluding hydrogens is 382 g/mol. The summed E-state index contributed by atoms with van der Waals surface area (Å²) in [5.41, 5.74) is 1.66. The summed E-state index contributed by atoms with van der Waals surface area (Å²) in [6, 6.07) is 12.7. The van der Waals surface area contributed by atoms with Gasteiger partial charge < -0.3 is 24.8 Å². The van der Waals surface area contributed by atoms with E-state index in [0.29, 0.717) is 49.5 Å². The average molecular weight is 412 g/mol. The zero-order valence-electron chi connectivity index (χ0n) is 17.3. The highest BCUT2D eigenvalue weighted by Crippen LogP contribution is 2.32. The second-order valence-electron chi connectivity index (χ2n) is 7.76. The molecule has 160 valence electrons. The normalized spacial score (nSPS) is 18.2. The molecule has 0 saturated carbocycles. The van der Waals surface area contributed by atoms with Gasteiger partial charge in [0.25, 0.3) is 0 Å². The Morgan fingerprint density at radius 3 is 2.70 bits per heavy atom. The Morgan fingerprint density at radius 2 is 1.93 bits per heavy atom. The summed E-state index contributed by atoms with van der Waals surface area (Å²) in [5, 5.41) is 12.6. The fourth-order valence-corrected chi connectivity index (χ4v) is 4.14. The van der Waals surface area contributed by atoms with E-state index in [4.69, 9.17) is 9.47 Å². The number of hydrogen-bond donors (Lipinski definition) is 2. The summed E-state index contributed by atoms with van der Waals surface area (Å²) in [6.07, 6.45) is 2.26. The first kappa shape index (κ1) is 20.3. The van der Waals surface area contributed by atoms with Crippen molar-refractivity contribution in [3.63, 3.8) is 0 Å². The van der Waals surface area contributed by atoms with Crippen LogP contribution in [0.1, 0.15) is 25.3 Å². The zero-order valence-corrected chi connectivity index (χ0v) is 17.3. The van der Waals surface area contributed by atoms with E-state index >= 15 is 0 Å². The molecule has 1 fully saturated rings. The summed E-state index contributed by atoms with van der Waals surface area (Å²) < 4.78 is 11.2. The topological polar surface area (TPSA) is 74.3 Å². The van der Waals surface area contributed by atoms with Crippen molar-refractivity contribution in [1.82, 2.24) is 9.80 Å². The maximum Gasteiger partial charge on any atom is 0.322 e. The number of nitrogens with one attached hydrogen (secondary N) is 1. The van der Waals surface area contributed by atoms with E-state index in [2.05, 4.69) is 17.1 Å². The Labute approximate surface area is 177 Å². The predicted octanol–water partition coefficient (Wildman–Crippen LogP) is 3.68. The second-order valence-corrected chi connectivity index (χ2v) is 7.76. The Hall–Kier alpha value is -2.93. The van der Waals surface area contributed by atoms with Crippen LogP contribution in [0.5, 0.6) is 17.2 Å². The highest BCUT2D eigenvalue weighted by molar-refractivity contribution is 5.89. The minimum atomic E-state index is -0.150. The minimum absolute atomic E-state index is 0.150. The third kappa shape index (κ3) is 4.79. The van der Waals surface area contributed by atoms with Gasteiger partial charge in [0.15, 0.2) is 11.5 Å². The average Bonchev–Trinajstić information content (AvgIpc) is 3.22. The van der Waals surface area contributed by atoms with E-state index in [1.165, 1.54) is 0 Å². The smallest absolute Gasteiger partial charge is 0.322 e. The van der Waals surface area contributed by atoms with Gasteiger partial charge in [0.1, 0.15) is 19.0 Å². The van der Waals surface area contributed by atoms with Crippen molar-refractivity contribution in [2.45, 2.75) is 32.4 Å². The number of rotatable bonds is 6. The third-order valence-corrected chi connectivity index (χ3v) is 5.73. The number of aromatic hydroxyl groups is 1. The molecule has 0 aliphatic carbocycles. The van der Waals surface area contributed by atoms with Crippen molar-refractivity contribution >= 4 is 11.7 Å². The minimum Gasteiger partial charge on any atom is -0.508 e. The Bertz CT molecular complexity index is 871. The van der Waals surface area contributed by atoms with Gasteiger partial charge in [0.2, 0.25) is 0 Å². The predicted molar refractivity (Wildman–Crippen MR) is 115 cm³/mol. The quantitative estimate of drug-likeness (QED) is 0.759. The van der Waals surface area contributed by atoms with Gasteiger partial charge in [-0.25, -0.2) is 4.79 Å². The van der Waals surface area contributed by atoms with Crippen LogP contribution in [-0.4, -0.2) is 59.8 Å². The molecule has 0 aromatic heterocycles. The van der Waals surface area contributed by atoms with Crippen LogP contribution in [-0.2, 0) is 6.54 Å². The molecule has 2 heterocycles. The number of urea groups is 1. The van der Waals surface area contributed by atoms with Crippen molar-refractivity contribution < 1.29 is 19.4 Å². The van der Waals surface area contributed by atoms with Gasteiger partial charge in [-0.05, 0) is 55.8 Å². The van der Waals surface area contributed by atoms with E-state index in [1.807, 2.05) is 29.2 Å². The molecule has 2 aromatic rings. The molecule has 0 spiro atoms. The number of likely N-dealkylation sites (N-methyl/N-ethyl adjacent to an activating group) is 1. The van der Waals surface area contributed by atoms with Crippen LogP contribution in [0, 0.1) is 0 Å². The summed E-state index contributed by atoms with van der Waals surface area (Å²) in [5.74, 6) is 1.57. The summed E-state index contributed by atoms with van der Waals surface area (Å²) in [7, 11) is 0. The first-order chi connectivity index (χ1) is 14.6. The first-order valence-corrected chi connectivity index (χ1v) is 10.6. The maximum absolute atomic E-state index is 13.2.